The van der Waals surface area contributed by atoms with Gasteiger partial charge < -0.3 is 43.8 Å². The molecule has 0 unspecified atom stereocenters. The summed E-state index contributed by atoms with van der Waals surface area (Å²) >= 11 is 0. The molecule has 1 aliphatic rings. The third kappa shape index (κ3) is 3.58. The third-order valence-electron chi connectivity index (χ3n) is 5.30. The van der Waals surface area contributed by atoms with E-state index in [0.29, 0.717) is 21.9 Å². The van der Waals surface area contributed by atoms with Gasteiger partial charge in [0.15, 0.2) is 11.3 Å². The molecule has 3 aromatic rings. The molecule has 1 aromatic heterocycles. The first-order valence-corrected chi connectivity index (χ1v) is 9.48. The van der Waals surface area contributed by atoms with Gasteiger partial charge >= 0.3 is 5.63 Å². The number of ether oxygens (including phenoxy) is 4. The zero-order chi connectivity index (χ0) is 22.3. The highest BCUT2D eigenvalue weighted by molar-refractivity contribution is 6.07. The van der Waals surface area contributed by atoms with Crippen molar-refractivity contribution in [3.63, 3.8) is 0 Å². The SMILES string of the molecule is COc1ccc2c(=O)oc3c(OC)c(O[C@@H]4O[C@H](CO)[C@@H](O)[C@H](O)[C@H]4O)ccc3c2c1. The van der Waals surface area contributed by atoms with Gasteiger partial charge in [-0.05, 0) is 30.3 Å². The highest BCUT2D eigenvalue weighted by Crippen LogP contribution is 2.39. The number of methoxy groups -OCH3 is 2. The van der Waals surface area contributed by atoms with Crippen LogP contribution in [0.5, 0.6) is 17.2 Å². The Kier molecular flexibility index (Phi) is 5.73. The van der Waals surface area contributed by atoms with Gasteiger partial charge in [-0.3, -0.25) is 0 Å². The maximum atomic E-state index is 12.5. The molecule has 2 aromatic carbocycles. The maximum Gasteiger partial charge on any atom is 0.344 e. The number of aliphatic hydroxyl groups is 4. The predicted octanol–water partition coefficient (Wildman–Crippen LogP) is 0.142. The first-order valence-electron chi connectivity index (χ1n) is 9.48. The van der Waals surface area contributed by atoms with Crippen molar-refractivity contribution >= 4 is 21.7 Å². The monoisotopic (exact) mass is 434 g/mol. The van der Waals surface area contributed by atoms with Crippen molar-refractivity contribution in [2.45, 2.75) is 30.7 Å². The van der Waals surface area contributed by atoms with Crippen molar-refractivity contribution in [1.82, 2.24) is 0 Å². The van der Waals surface area contributed by atoms with Crippen LogP contribution in [0.3, 0.4) is 0 Å². The van der Waals surface area contributed by atoms with Gasteiger partial charge in [-0.25, -0.2) is 4.79 Å². The minimum Gasteiger partial charge on any atom is -0.497 e. The van der Waals surface area contributed by atoms with Crippen LogP contribution in [0.1, 0.15) is 0 Å². The molecule has 0 saturated carbocycles. The van der Waals surface area contributed by atoms with Crippen LogP contribution in [0.15, 0.2) is 39.5 Å². The number of benzene rings is 2. The van der Waals surface area contributed by atoms with Gasteiger partial charge in [0.2, 0.25) is 12.0 Å². The molecule has 4 rings (SSSR count). The van der Waals surface area contributed by atoms with Crippen LogP contribution in [-0.4, -0.2) is 72.0 Å². The number of rotatable bonds is 5. The number of aliphatic hydroxyl groups excluding tert-OH is 4. The zero-order valence-corrected chi connectivity index (χ0v) is 16.7. The molecule has 10 heteroatoms. The minimum atomic E-state index is -1.61. The van der Waals surface area contributed by atoms with Crippen LogP contribution in [0, 0.1) is 0 Å². The van der Waals surface area contributed by atoms with Gasteiger partial charge in [-0.15, -0.1) is 0 Å². The summed E-state index contributed by atoms with van der Waals surface area (Å²) in [5, 5.41) is 41.0. The lowest BCUT2D eigenvalue weighted by Crippen LogP contribution is -2.60. The van der Waals surface area contributed by atoms with E-state index in [1.165, 1.54) is 20.3 Å². The van der Waals surface area contributed by atoms with Crippen LogP contribution in [-0.2, 0) is 4.74 Å². The lowest BCUT2D eigenvalue weighted by molar-refractivity contribution is -0.277. The van der Waals surface area contributed by atoms with Crippen molar-refractivity contribution in [3.05, 3.63) is 40.8 Å². The first kappa shape index (κ1) is 21.3. The molecule has 4 N–H and O–H groups in total. The molecule has 2 heterocycles. The molecule has 1 aliphatic heterocycles. The van der Waals surface area contributed by atoms with Crippen LogP contribution < -0.4 is 19.8 Å². The van der Waals surface area contributed by atoms with Gasteiger partial charge in [0.25, 0.3) is 0 Å². The molecular weight excluding hydrogens is 412 g/mol. The molecule has 0 aliphatic carbocycles. The summed E-state index contributed by atoms with van der Waals surface area (Å²) in [7, 11) is 2.87. The molecular formula is C21H22O10. The quantitative estimate of drug-likeness (QED) is 0.323. The summed E-state index contributed by atoms with van der Waals surface area (Å²) < 4.78 is 27.2. The average Bonchev–Trinajstić information content (AvgIpc) is 2.78. The number of hydrogen-bond acceptors (Lipinski definition) is 10. The van der Waals surface area contributed by atoms with E-state index in [0.717, 1.165) is 0 Å². The van der Waals surface area contributed by atoms with Crippen LogP contribution >= 0.6 is 0 Å². The summed E-state index contributed by atoms with van der Waals surface area (Å²) in [6.45, 7) is -0.595. The Hall–Kier alpha value is -2.89. The van der Waals surface area contributed by atoms with Gasteiger partial charge in [0.1, 0.15) is 30.2 Å². The van der Waals surface area contributed by atoms with E-state index < -0.39 is 42.9 Å². The standard InChI is InChI=1S/C21H22O10/c1-27-9-3-4-11-12(7-9)10-5-6-13(19(28-2)18(10)31-20(11)26)29-21-17(25)16(24)15(23)14(8-22)30-21/h3-7,14-17,21-25H,8H2,1-2H3/t14-,15-,16+,17-,21-/m1/s1. The summed E-state index contributed by atoms with van der Waals surface area (Å²) in [5.74, 6) is 0.681. The fraction of sp³-hybridized carbons (Fsp3) is 0.381. The van der Waals surface area contributed by atoms with E-state index >= 15 is 0 Å². The second kappa shape index (κ2) is 8.33. The van der Waals surface area contributed by atoms with Crippen LogP contribution in [0.2, 0.25) is 0 Å². The fourth-order valence-electron chi connectivity index (χ4n) is 3.63. The van der Waals surface area contributed by atoms with Crippen molar-refractivity contribution < 1.29 is 43.8 Å². The fourth-order valence-corrected chi connectivity index (χ4v) is 3.63. The first-order chi connectivity index (χ1) is 14.9. The van der Waals surface area contributed by atoms with Crippen molar-refractivity contribution in [1.29, 1.82) is 0 Å². The van der Waals surface area contributed by atoms with Gasteiger partial charge in [-0.2, -0.15) is 0 Å². The van der Waals surface area contributed by atoms with Crippen molar-refractivity contribution in [3.8, 4) is 17.2 Å². The van der Waals surface area contributed by atoms with E-state index in [-0.39, 0.29) is 17.1 Å². The molecule has 1 saturated heterocycles. The highest BCUT2D eigenvalue weighted by atomic mass is 16.7. The van der Waals surface area contributed by atoms with E-state index in [1.54, 1.807) is 24.3 Å². The highest BCUT2D eigenvalue weighted by Gasteiger charge is 2.45. The van der Waals surface area contributed by atoms with Gasteiger partial charge in [0, 0.05) is 10.8 Å². The van der Waals surface area contributed by atoms with Gasteiger partial charge in [0.05, 0.1) is 26.2 Å². The second-order valence-electron chi connectivity index (χ2n) is 7.09. The second-order valence-corrected chi connectivity index (χ2v) is 7.09. The summed E-state index contributed by atoms with van der Waals surface area (Å²) in [6.07, 6.45) is -7.28. The average molecular weight is 434 g/mol. The zero-order valence-electron chi connectivity index (χ0n) is 16.7. The summed E-state index contributed by atoms with van der Waals surface area (Å²) in [5.41, 5.74) is -0.483. The Bertz CT molecular complexity index is 1150. The van der Waals surface area contributed by atoms with E-state index in [2.05, 4.69) is 0 Å². The molecule has 166 valence electrons. The smallest absolute Gasteiger partial charge is 0.344 e. The van der Waals surface area contributed by atoms with Crippen LogP contribution in [0.4, 0.5) is 0 Å². The number of hydrogen-bond donors (Lipinski definition) is 4. The third-order valence-corrected chi connectivity index (χ3v) is 5.30. The maximum absolute atomic E-state index is 12.5. The van der Waals surface area contributed by atoms with Crippen molar-refractivity contribution in [2.75, 3.05) is 20.8 Å². The van der Waals surface area contributed by atoms with E-state index in [1.807, 2.05) is 0 Å². The van der Waals surface area contributed by atoms with E-state index in [4.69, 9.17) is 23.4 Å². The lowest BCUT2D eigenvalue weighted by Gasteiger charge is -2.39. The van der Waals surface area contributed by atoms with Gasteiger partial charge in [-0.1, -0.05) is 0 Å². The van der Waals surface area contributed by atoms with E-state index in [9.17, 15) is 25.2 Å². The normalized spacial score (nSPS) is 26.2. The summed E-state index contributed by atoms with van der Waals surface area (Å²) in [4.78, 5) is 12.5. The molecule has 1 fully saturated rings. The molecule has 0 radical (unpaired) electrons. The molecule has 5 atom stereocenters. The lowest BCUT2D eigenvalue weighted by atomic mass is 9.99. The molecule has 10 nitrogen and oxygen atoms in total. The Morgan fingerprint density at radius 1 is 0.935 bits per heavy atom. The Labute approximate surface area is 175 Å². The largest absolute Gasteiger partial charge is 0.497 e. The molecule has 0 bridgehead atoms. The Morgan fingerprint density at radius 3 is 2.35 bits per heavy atom. The minimum absolute atomic E-state index is 0.0599. The topological polar surface area (TPSA) is 148 Å². The Morgan fingerprint density at radius 2 is 1.68 bits per heavy atom. The molecule has 0 spiro atoms. The summed E-state index contributed by atoms with van der Waals surface area (Å²) in [6, 6.07) is 8.12. The Balaban J connectivity index is 1.81. The number of fused-ring (bicyclic) bond motifs is 3. The molecule has 31 heavy (non-hydrogen) atoms. The predicted molar refractivity (Wildman–Crippen MR) is 107 cm³/mol. The molecule has 0 amide bonds. The van der Waals surface area contributed by atoms with Crippen LogP contribution in [0.25, 0.3) is 21.7 Å². The van der Waals surface area contributed by atoms with Crippen molar-refractivity contribution in [2.24, 2.45) is 0 Å².